The normalized spacial score (nSPS) is 21.7. The molecule has 30 heavy (non-hydrogen) atoms. The molecular formula is C24H34N2O4+2. The number of rotatable bonds is 9. The molecule has 2 aliphatic heterocycles. The van der Waals surface area contributed by atoms with E-state index in [1.807, 2.05) is 48.5 Å². The third-order valence-electron chi connectivity index (χ3n) is 5.97. The van der Waals surface area contributed by atoms with E-state index in [2.05, 4.69) is 24.5 Å². The molecule has 0 amide bonds. The average Bonchev–Trinajstić information content (AvgIpc) is 2.80. The Bertz CT molecular complexity index is 748. The molecule has 0 aliphatic carbocycles. The van der Waals surface area contributed by atoms with E-state index in [1.54, 1.807) is 0 Å². The molecule has 0 fully saturated rings. The van der Waals surface area contributed by atoms with Gasteiger partial charge in [0.15, 0.2) is 35.2 Å². The lowest BCUT2D eigenvalue weighted by molar-refractivity contribution is -0.701. The molecule has 0 saturated heterocycles. The smallest absolute Gasteiger partial charge is 0.184 e. The first-order valence-electron chi connectivity index (χ1n) is 11.1. The molecule has 2 aromatic rings. The summed E-state index contributed by atoms with van der Waals surface area (Å²) in [7, 11) is 0. The summed E-state index contributed by atoms with van der Waals surface area (Å²) in [5.74, 6) is 3.41. The summed E-state index contributed by atoms with van der Waals surface area (Å²) in [5.41, 5.74) is 0. The van der Waals surface area contributed by atoms with E-state index in [0.717, 1.165) is 36.1 Å². The van der Waals surface area contributed by atoms with Gasteiger partial charge in [-0.1, -0.05) is 24.3 Å². The van der Waals surface area contributed by atoms with Gasteiger partial charge in [-0.3, -0.25) is 0 Å². The Labute approximate surface area is 178 Å². The van der Waals surface area contributed by atoms with Gasteiger partial charge in [0.1, 0.15) is 25.3 Å². The van der Waals surface area contributed by atoms with Crippen LogP contribution in [0.3, 0.4) is 0 Å². The molecule has 162 valence electrons. The van der Waals surface area contributed by atoms with E-state index < -0.39 is 0 Å². The van der Waals surface area contributed by atoms with Crippen LogP contribution in [0.1, 0.15) is 26.7 Å². The molecule has 4 atom stereocenters. The SMILES string of the molecule is C[C@H]([NH2+]CCCC[NH2+][C@@H](C)[C@H]1COc2ccccc2O1)[C@@H]1COc2ccccc2O1. The summed E-state index contributed by atoms with van der Waals surface area (Å²) in [5, 5.41) is 4.75. The summed E-state index contributed by atoms with van der Waals surface area (Å²) in [6.45, 7) is 7.87. The molecule has 2 aliphatic rings. The Hall–Kier alpha value is -2.44. The molecule has 6 nitrogen and oxygen atoms in total. The summed E-state index contributed by atoms with van der Waals surface area (Å²) in [6.07, 6.45) is 2.56. The number of nitrogens with two attached hydrogens (primary N) is 2. The second kappa shape index (κ2) is 10.0. The van der Waals surface area contributed by atoms with E-state index >= 15 is 0 Å². The fourth-order valence-corrected chi connectivity index (χ4v) is 3.94. The average molecular weight is 415 g/mol. The molecule has 0 spiro atoms. The van der Waals surface area contributed by atoms with Crippen molar-refractivity contribution in [2.24, 2.45) is 0 Å². The number of hydrogen-bond donors (Lipinski definition) is 2. The molecule has 2 aromatic carbocycles. The Morgan fingerprint density at radius 2 is 1.10 bits per heavy atom. The van der Waals surface area contributed by atoms with E-state index in [1.165, 1.54) is 12.8 Å². The Morgan fingerprint density at radius 1 is 0.700 bits per heavy atom. The van der Waals surface area contributed by atoms with Gasteiger partial charge in [0, 0.05) is 12.8 Å². The molecule has 6 heteroatoms. The lowest BCUT2D eigenvalue weighted by Crippen LogP contribution is -2.93. The van der Waals surface area contributed by atoms with Crippen molar-refractivity contribution in [3.8, 4) is 23.0 Å². The standard InChI is InChI=1S/C24H32N2O4/c1-17(23-15-27-19-9-3-5-11-21(19)29-23)25-13-7-8-14-26-18(2)24-16-28-20-10-4-6-12-22(20)30-24/h3-6,9-12,17-18,23-26H,7-8,13-16H2,1-2H3/p+2/t17-,18-,23-,24+/m0/s1. The zero-order chi connectivity index (χ0) is 20.8. The zero-order valence-electron chi connectivity index (χ0n) is 18.0. The Morgan fingerprint density at radius 3 is 1.53 bits per heavy atom. The van der Waals surface area contributed by atoms with Crippen molar-refractivity contribution in [2.45, 2.75) is 51.0 Å². The lowest BCUT2D eigenvalue weighted by Gasteiger charge is -2.29. The largest absolute Gasteiger partial charge is 0.486 e. The first-order valence-corrected chi connectivity index (χ1v) is 11.1. The van der Waals surface area contributed by atoms with Crippen molar-refractivity contribution in [3.05, 3.63) is 48.5 Å². The maximum absolute atomic E-state index is 6.11. The highest BCUT2D eigenvalue weighted by atomic mass is 16.6. The van der Waals surface area contributed by atoms with Crippen LogP contribution in [-0.2, 0) is 0 Å². The molecule has 0 unspecified atom stereocenters. The summed E-state index contributed by atoms with van der Waals surface area (Å²) < 4.78 is 23.9. The highest BCUT2D eigenvalue weighted by Gasteiger charge is 2.29. The van der Waals surface area contributed by atoms with Gasteiger partial charge in [-0.05, 0) is 38.1 Å². The Balaban J connectivity index is 1.10. The zero-order valence-corrected chi connectivity index (χ0v) is 18.0. The van der Waals surface area contributed by atoms with Crippen LogP contribution < -0.4 is 29.6 Å². The molecular weight excluding hydrogens is 380 g/mol. The fourth-order valence-electron chi connectivity index (χ4n) is 3.94. The third-order valence-corrected chi connectivity index (χ3v) is 5.97. The first-order chi connectivity index (χ1) is 14.7. The highest BCUT2D eigenvalue weighted by molar-refractivity contribution is 5.41. The fraction of sp³-hybridized carbons (Fsp3) is 0.500. The molecule has 0 aromatic heterocycles. The van der Waals surface area contributed by atoms with Crippen LogP contribution in [0.4, 0.5) is 0 Å². The predicted molar refractivity (Wildman–Crippen MR) is 114 cm³/mol. The Kier molecular flexibility index (Phi) is 6.97. The second-order valence-electron chi connectivity index (χ2n) is 8.30. The number of fused-ring (bicyclic) bond motifs is 2. The third kappa shape index (κ3) is 5.18. The summed E-state index contributed by atoms with van der Waals surface area (Å²) in [4.78, 5) is 0. The summed E-state index contributed by atoms with van der Waals surface area (Å²) in [6, 6.07) is 16.5. The van der Waals surface area contributed by atoms with Crippen molar-refractivity contribution in [3.63, 3.8) is 0 Å². The highest BCUT2D eigenvalue weighted by Crippen LogP contribution is 2.32. The van der Waals surface area contributed by atoms with Gasteiger partial charge < -0.3 is 29.6 Å². The van der Waals surface area contributed by atoms with Crippen molar-refractivity contribution < 1.29 is 29.6 Å². The van der Waals surface area contributed by atoms with E-state index in [4.69, 9.17) is 18.9 Å². The maximum Gasteiger partial charge on any atom is 0.184 e. The number of hydrogen-bond acceptors (Lipinski definition) is 4. The van der Waals surface area contributed by atoms with Crippen LogP contribution in [0.15, 0.2) is 48.5 Å². The quantitative estimate of drug-likeness (QED) is 0.608. The van der Waals surface area contributed by atoms with Crippen molar-refractivity contribution in [1.29, 1.82) is 0 Å². The minimum absolute atomic E-state index is 0.0952. The first kappa shape index (κ1) is 20.8. The number of ether oxygens (including phenoxy) is 4. The molecule has 0 radical (unpaired) electrons. The monoisotopic (exact) mass is 414 g/mol. The van der Waals surface area contributed by atoms with Gasteiger partial charge in [0.2, 0.25) is 0 Å². The van der Waals surface area contributed by atoms with Gasteiger partial charge in [-0.15, -0.1) is 0 Å². The number of quaternary nitrogens is 2. The molecule has 4 rings (SSSR count). The maximum atomic E-state index is 6.11. The number of benzene rings is 2. The van der Waals surface area contributed by atoms with E-state index in [0.29, 0.717) is 25.3 Å². The minimum Gasteiger partial charge on any atom is -0.486 e. The van der Waals surface area contributed by atoms with Gasteiger partial charge >= 0.3 is 0 Å². The van der Waals surface area contributed by atoms with Crippen molar-refractivity contribution in [2.75, 3.05) is 26.3 Å². The lowest BCUT2D eigenvalue weighted by atomic mass is 10.1. The van der Waals surface area contributed by atoms with E-state index in [9.17, 15) is 0 Å². The second-order valence-corrected chi connectivity index (χ2v) is 8.30. The molecule has 2 heterocycles. The number of para-hydroxylation sites is 4. The molecule has 4 N–H and O–H groups in total. The minimum atomic E-state index is 0.0952. The van der Waals surface area contributed by atoms with Crippen LogP contribution >= 0.6 is 0 Å². The van der Waals surface area contributed by atoms with Gasteiger partial charge in [0.05, 0.1) is 13.1 Å². The van der Waals surface area contributed by atoms with Gasteiger partial charge in [0.25, 0.3) is 0 Å². The van der Waals surface area contributed by atoms with Crippen LogP contribution in [-0.4, -0.2) is 50.6 Å². The molecule has 0 bridgehead atoms. The summed E-state index contributed by atoms with van der Waals surface area (Å²) >= 11 is 0. The van der Waals surface area contributed by atoms with Crippen LogP contribution in [0, 0.1) is 0 Å². The van der Waals surface area contributed by atoms with Crippen LogP contribution in [0.25, 0.3) is 0 Å². The number of unbranched alkanes of at least 4 members (excludes halogenated alkanes) is 1. The topological polar surface area (TPSA) is 70.1 Å². The van der Waals surface area contributed by atoms with Gasteiger partial charge in [-0.25, -0.2) is 0 Å². The van der Waals surface area contributed by atoms with Gasteiger partial charge in [-0.2, -0.15) is 0 Å². The molecule has 0 saturated carbocycles. The van der Waals surface area contributed by atoms with E-state index in [-0.39, 0.29) is 12.2 Å². The van der Waals surface area contributed by atoms with Crippen molar-refractivity contribution >= 4 is 0 Å². The van der Waals surface area contributed by atoms with Crippen LogP contribution in [0.5, 0.6) is 23.0 Å². The van der Waals surface area contributed by atoms with Crippen molar-refractivity contribution in [1.82, 2.24) is 0 Å². The van der Waals surface area contributed by atoms with Crippen LogP contribution in [0.2, 0.25) is 0 Å². The predicted octanol–water partition coefficient (Wildman–Crippen LogP) is 1.35.